The average Bonchev–Trinajstić information content (AvgIpc) is 3.30. The smallest absolute Gasteiger partial charge is 0.261 e. The van der Waals surface area contributed by atoms with E-state index in [0.29, 0.717) is 28.5 Å². The predicted molar refractivity (Wildman–Crippen MR) is 109 cm³/mol. The van der Waals surface area contributed by atoms with E-state index in [0.717, 1.165) is 10.5 Å². The Morgan fingerprint density at radius 3 is 2.50 bits per heavy atom. The van der Waals surface area contributed by atoms with Gasteiger partial charge in [0, 0.05) is 18.5 Å². The number of anilines is 1. The fraction of sp³-hybridized carbons (Fsp3) is 0.227. The molecule has 2 aromatic carbocycles. The molecule has 1 aliphatic rings. The molecule has 0 unspecified atom stereocenters. The molecule has 4 rings (SSSR count). The first-order valence-corrected chi connectivity index (χ1v) is 9.49. The van der Waals surface area contributed by atoms with Gasteiger partial charge in [0.15, 0.2) is 5.82 Å². The first kappa shape index (κ1) is 19.5. The number of aromatic nitrogens is 2. The number of carbonyl (C=O) groups is 3. The quantitative estimate of drug-likeness (QED) is 0.666. The highest BCUT2D eigenvalue weighted by Gasteiger charge is 2.33. The van der Waals surface area contributed by atoms with E-state index in [1.54, 1.807) is 6.07 Å². The van der Waals surface area contributed by atoms with Crippen LogP contribution in [0.4, 0.5) is 5.69 Å². The Balaban J connectivity index is 1.68. The van der Waals surface area contributed by atoms with Gasteiger partial charge in [-0.3, -0.25) is 19.3 Å². The topological polar surface area (TPSA) is 105 Å². The van der Waals surface area contributed by atoms with E-state index in [4.69, 9.17) is 4.52 Å². The van der Waals surface area contributed by atoms with Crippen LogP contribution in [0.2, 0.25) is 0 Å². The largest absolute Gasteiger partial charge is 0.334 e. The van der Waals surface area contributed by atoms with Crippen LogP contribution in [0, 0.1) is 6.92 Å². The number of para-hydroxylation sites is 1. The molecule has 0 atom stereocenters. The van der Waals surface area contributed by atoms with Crippen molar-refractivity contribution in [3.63, 3.8) is 0 Å². The van der Waals surface area contributed by atoms with Gasteiger partial charge in [-0.25, -0.2) is 0 Å². The van der Waals surface area contributed by atoms with Crippen molar-refractivity contribution in [2.45, 2.75) is 26.7 Å². The third kappa shape index (κ3) is 3.16. The highest BCUT2D eigenvalue weighted by molar-refractivity contribution is 6.22. The number of hydrogen-bond donors (Lipinski definition) is 1. The lowest BCUT2D eigenvalue weighted by Gasteiger charge is -2.12. The molecular weight excluding hydrogens is 384 g/mol. The van der Waals surface area contributed by atoms with E-state index in [1.807, 2.05) is 32.9 Å². The van der Waals surface area contributed by atoms with Crippen molar-refractivity contribution < 1.29 is 18.9 Å². The van der Waals surface area contributed by atoms with Crippen LogP contribution in [0.1, 0.15) is 62.2 Å². The van der Waals surface area contributed by atoms with Crippen molar-refractivity contribution in [3.8, 4) is 11.5 Å². The normalized spacial score (nSPS) is 13.2. The first-order valence-electron chi connectivity index (χ1n) is 9.49. The van der Waals surface area contributed by atoms with Crippen LogP contribution in [-0.4, -0.2) is 39.8 Å². The molecule has 0 fully saturated rings. The number of fused-ring (bicyclic) bond motifs is 1. The Hall–Kier alpha value is -3.81. The Bertz CT molecular complexity index is 1200. The van der Waals surface area contributed by atoms with Crippen LogP contribution in [0.3, 0.4) is 0 Å². The summed E-state index contributed by atoms with van der Waals surface area (Å²) in [6.45, 7) is 5.79. The van der Waals surface area contributed by atoms with Gasteiger partial charge in [-0.05, 0) is 36.8 Å². The summed E-state index contributed by atoms with van der Waals surface area (Å²) in [5.74, 6) is -0.209. The third-order valence-corrected chi connectivity index (χ3v) is 5.05. The number of aryl methyl sites for hydroxylation is 1. The number of imide groups is 1. The number of carbonyl (C=O) groups excluding carboxylic acids is 3. The molecule has 1 N–H and O–H groups in total. The van der Waals surface area contributed by atoms with Crippen LogP contribution < -0.4 is 5.32 Å². The third-order valence-electron chi connectivity index (χ3n) is 5.05. The molecule has 3 amide bonds. The Labute approximate surface area is 172 Å². The SMILES string of the molecule is Cc1cccc(-c2nc(C(C)C)no2)c1NC(=O)c1ccc2c(c1)C(=O)N(C)C2=O. The molecule has 8 heteroatoms. The molecular formula is C22H20N4O4. The van der Waals surface area contributed by atoms with Gasteiger partial charge in [0.25, 0.3) is 23.6 Å². The lowest BCUT2D eigenvalue weighted by molar-refractivity contribution is 0.0693. The Kier molecular flexibility index (Phi) is 4.69. The van der Waals surface area contributed by atoms with Crippen molar-refractivity contribution in [1.29, 1.82) is 0 Å². The molecule has 3 aromatic rings. The van der Waals surface area contributed by atoms with Crippen LogP contribution in [0.15, 0.2) is 40.9 Å². The van der Waals surface area contributed by atoms with E-state index in [2.05, 4.69) is 15.5 Å². The number of nitrogens with one attached hydrogen (secondary N) is 1. The molecule has 0 saturated heterocycles. The highest BCUT2D eigenvalue weighted by atomic mass is 16.5. The zero-order valence-corrected chi connectivity index (χ0v) is 17.0. The van der Waals surface area contributed by atoms with Gasteiger partial charge in [-0.2, -0.15) is 4.98 Å². The van der Waals surface area contributed by atoms with Gasteiger partial charge in [0.05, 0.1) is 22.4 Å². The summed E-state index contributed by atoms with van der Waals surface area (Å²) in [6.07, 6.45) is 0. The summed E-state index contributed by atoms with van der Waals surface area (Å²) in [7, 11) is 1.42. The first-order chi connectivity index (χ1) is 14.3. The van der Waals surface area contributed by atoms with Crippen LogP contribution in [-0.2, 0) is 0 Å². The second-order valence-electron chi connectivity index (χ2n) is 7.49. The van der Waals surface area contributed by atoms with Crippen molar-refractivity contribution in [2.24, 2.45) is 0 Å². The fourth-order valence-electron chi connectivity index (χ4n) is 3.28. The van der Waals surface area contributed by atoms with Crippen molar-refractivity contribution in [3.05, 3.63) is 64.5 Å². The van der Waals surface area contributed by atoms with Gasteiger partial charge in [-0.1, -0.05) is 31.1 Å². The molecule has 0 radical (unpaired) electrons. The lowest BCUT2D eigenvalue weighted by atomic mass is 10.0. The van der Waals surface area contributed by atoms with E-state index in [-0.39, 0.29) is 23.0 Å². The predicted octanol–water partition coefficient (Wildman–Crippen LogP) is 3.65. The number of rotatable bonds is 4. The van der Waals surface area contributed by atoms with Crippen LogP contribution >= 0.6 is 0 Å². The Morgan fingerprint density at radius 1 is 1.07 bits per heavy atom. The summed E-state index contributed by atoms with van der Waals surface area (Å²) < 4.78 is 5.39. The number of hydrogen-bond acceptors (Lipinski definition) is 6. The van der Waals surface area contributed by atoms with E-state index >= 15 is 0 Å². The molecule has 2 heterocycles. The standard InChI is InChI=1S/C22H20N4O4/c1-11(2)18-24-20(30-25-18)15-7-5-6-12(3)17(15)23-19(27)13-8-9-14-16(10-13)22(29)26(4)21(14)28/h5-11H,1-4H3,(H,23,27). The van der Waals surface area contributed by atoms with Gasteiger partial charge < -0.3 is 9.84 Å². The van der Waals surface area contributed by atoms with E-state index in [9.17, 15) is 14.4 Å². The molecule has 8 nitrogen and oxygen atoms in total. The molecule has 0 bridgehead atoms. The van der Waals surface area contributed by atoms with E-state index in [1.165, 1.54) is 25.2 Å². The lowest BCUT2D eigenvalue weighted by Crippen LogP contribution is -2.24. The highest BCUT2D eigenvalue weighted by Crippen LogP contribution is 2.31. The van der Waals surface area contributed by atoms with Crippen LogP contribution in [0.5, 0.6) is 0 Å². The molecule has 30 heavy (non-hydrogen) atoms. The monoisotopic (exact) mass is 404 g/mol. The minimum Gasteiger partial charge on any atom is -0.334 e. The molecule has 1 aliphatic heterocycles. The van der Waals surface area contributed by atoms with Gasteiger partial charge in [0.1, 0.15) is 0 Å². The zero-order chi connectivity index (χ0) is 21.6. The summed E-state index contributed by atoms with van der Waals surface area (Å²) in [6, 6.07) is 9.96. The van der Waals surface area contributed by atoms with Gasteiger partial charge in [0.2, 0.25) is 0 Å². The summed E-state index contributed by atoms with van der Waals surface area (Å²) in [5, 5.41) is 6.87. The zero-order valence-electron chi connectivity index (χ0n) is 17.0. The second-order valence-corrected chi connectivity index (χ2v) is 7.49. The minimum absolute atomic E-state index is 0.107. The average molecular weight is 404 g/mol. The van der Waals surface area contributed by atoms with Crippen molar-refractivity contribution in [2.75, 3.05) is 12.4 Å². The number of amides is 3. The Morgan fingerprint density at radius 2 is 1.80 bits per heavy atom. The molecule has 152 valence electrons. The maximum absolute atomic E-state index is 12.9. The fourth-order valence-corrected chi connectivity index (χ4v) is 3.28. The van der Waals surface area contributed by atoms with Crippen molar-refractivity contribution in [1.82, 2.24) is 15.0 Å². The summed E-state index contributed by atoms with van der Waals surface area (Å²) >= 11 is 0. The molecule has 0 saturated carbocycles. The molecule has 0 spiro atoms. The van der Waals surface area contributed by atoms with Gasteiger partial charge in [-0.15, -0.1) is 0 Å². The second kappa shape index (κ2) is 7.22. The van der Waals surface area contributed by atoms with E-state index < -0.39 is 11.8 Å². The summed E-state index contributed by atoms with van der Waals surface area (Å²) in [5.41, 5.74) is 2.75. The molecule has 0 aliphatic carbocycles. The number of benzene rings is 2. The summed E-state index contributed by atoms with van der Waals surface area (Å²) in [4.78, 5) is 42.7. The maximum atomic E-state index is 12.9. The minimum atomic E-state index is -0.423. The van der Waals surface area contributed by atoms with Crippen molar-refractivity contribution >= 4 is 23.4 Å². The number of nitrogens with zero attached hydrogens (tertiary/aromatic N) is 3. The van der Waals surface area contributed by atoms with Gasteiger partial charge >= 0.3 is 0 Å². The maximum Gasteiger partial charge on any atom is 0.261 e. The van der Waals surface area contributed by atoms with Crippen LogP contribution in [0.25, 0.3) is 11.5 Å². The molecule has 1 aromatic heterocycles.